The number of thiazole rings is 1. The first-order chi connectivity index (χ1) is 11.0. The number of hydrogen-bond acceptors (Lipinski definition) is 5. The van der Waals surface area contributed by atoms with E-state index in [0.29, 0.717) is 29.5 Å². The number of benzene rings is 1. The Bertz CT molecular complexity index is 734. The Morgan fingerprint density at radius 2 is 2.09 bits per heavy atom. The molecule has 1 aliphatic rings. The van der Waals surface area contributed by atoms with Crippen LogP contribution in [-0.2, 0) is 16.0 Å². The highest BCUT2D eigenvalue weighted by molar-refractivity contribution is 7.14. The van der Waals surface area contributed by atoms with E-state index < -0.39 is 0 Å². The minimum Gasteiger partial charge on any atom is -0.426 e. The van der Waals surface area contributed by atoms with Crippen molar-refractivity contribution >= 4 is 28.3 Å². The molecule has 2 aromatic rings. The second-order valence-electron chi connectivity index (χ2n) is 5.64. The molecule has 1 saturated heterocycles. The van der Waals surface area contributed by atoms with Gasteiger partial charge >= 0.3 is 5.97 Å². The zero-order valence-electron chi connectivity index (χ0n) is 13.2. The fraction of sp³-hybridized carbons (Fsp3) is 0.353. The molecule has 0 N–H and O–H groups in total. The third kappa shape index (κ3) is 3.42. The first kappa shape index (κ1) is 15.7. The lowest BCUT2D eigenvalue weighted by molar-refractivity contribution is -0.133. The van der Waals surface area contributed by atoms with Crippen LogP contribution in [0.3, 0.4) is 0 Å². The van der Waals surface area contributed by atoms with Crippen molar-refractivity contribution in [2.24, 2.45) is 0 Å². The zero-order valence-corrected chi connectivity index (χ0v) is 14.0. The van der Waals surface area contributed by atoms with E-state index in [0.717, 1.165) is 17.5 Å². The first-order valence-corrected chi connectivity index (χ1v) is 8.44. The summed E-state index contributed by atoms with van der Waals surface area (Å²) in [5, 5.41) is 2.48. The van der Waals surface area contributed by atoms with Crippen LogP contribution in [0.5, 0.6) is 5.75 Å². The second kappa shape index (κ2) is 6.50. The van der Waals surface area contributed by atoms with Gasteiger partial charge < -0.3 is 4.74 Å². The number of anilines is 1. The van der Waals surface area contributed by atoms with Gasteiger partial charge in [-0.3, -0.25) is 14.5 Å². The summed E-state index contributed by atoms with van der Waals surface area (Å²) in [6.07, 6.45) is 1.54. The average molecular weight is 330 g/mol. The van der Waals surface area contributed by atoms with Gasteiger partial charge in [-0.15, -0.1) is 11.3 Å². The van der Waals surface area contributed by atoms with Gasteiger partial charge in [-0.2, -0.15) is 0 Å². The van der Waals surface area contributed by atoms with Crippen LogP contribution >= 0.6 is 11.3 Å². The van der Waals surface area contributed by atoms with Crippen LogP contribution in [0.25, 0.3) is 0 Å². The van der Waals surface area contributed by atoms with Gasteiger partial charge in [0.15, 0.2) is 5.13 Å². The fourth-order valence-corrected chi connectivity index (χ4v) is 3.48. The standard InChI is InChI=1S/C17H18N2O3S/c1-11-5-3-6-12(2)16(11)22-15(21)9-13-10-23-17(18-13)19-8-4-7-14(19)20/h3,5-6,10H,4,7-9H2,1-2H3. The highest BCUT2D eigenvalue weighted by Gasteiger charge is 2.24. The Labute approximate surface area is 138 Å². The summed E-state index contributed by atoms with van der Waals surface area (Å²) in [6.45, 7) is 4.53. The molecular formula is C17H18N2O3S. The number of ether oxygens (including phenoxy) is 1. The quantitative estimate of drug-likeness (QED) is 0.639. The Morgan fingerprint density at radius 1 is 1.35 bits per heavy atom. The van der Waals surface area contributed by atoms with Gasteiger partial charge in [-0.25, -0.2) is 4.98 Å². The molecule has 3 rings (SSSR count). The van der Waals surface area contributed by atoms with Crippen molar-refractivity contribution < 1.29 is 14.3 Å². The van der Waals surface area contributed by atoms with Crippen LogP contribution in [0.4, 0.5) is 5.13 Å². The summed E-state index contributed by atoms with van der Waals surface area (Å²) in [6, 6.07) is 5.76. The molecule has 0 unspecified atom stereocenters. The SMILES string of the molecule is Cc1cccc(C)c1OC(=O)Cc1csc(N2CCCC2=O)n1. The smallest absolute Gasteiger partial charge is 0.317 e. The second-order valence-corrected chi connectivity index (χ2v) is 6.48. The summed E-state index contributed by atoms with van der Waals surface area (Å²) in [4.78, 5) is 29.9. The van der Waals surface area contributed by atoms with Crippen LogP contribution in [-0.4, -0.2) is 23.4 Å². The molecule has 1 aliphatic heterocycles. The van der Waals surface area contributed by atoms with E-state index in [1.165, 1.54) is 11.3 Å². The molecule has 1 fully saturated rings. The van der Waals surface area contributed by atoms with Crippen LogP contribution in [0, 0.1) is 13.8 Å². The highest BCUT2D eigenvalue weighted by Crippen LogP contribution is 2.26. The number of hydrogen-bond donors (Lipinski definition) is 0. The molecule has 2 heterocycles. The fourth-order valence-electron chi connectivity index (χ4n) is 2.61. The molecule has 0 saturated carbocycles. The van der Waals surface area contributed by atoms with E-state index in [1.807, 2.05) is 37.4 Å². The summed E-state index contributed by atoms with van der Waals surface area (Å²) in [7, 11) is 0. The number of amides is 1. The number of carbonyl (C=O) groups excluding carboxylic acids is 2. The van der Waals surface area contributed by atoms with Gasteiger partial charge in [0.2, 0.25) is 5.91 Å². The largest absolute Gasteiger partial charge is 0.426 e. The topological polar surface area (TPSA) is 59.5 Å². The molecule has 0 radical (unpaired) electrons. The molecule has 1 amide bonds. The number of aryl methyl sites for hydroxylation is 2. The van der Waals surface area contributed by atoms with Crippen LogP contribution in [0.15, 0.2) is 23.6 Å². The third-order valence-corrected chi connectivity index (χ3v) is 4.71. The van der Waals surface area contributed by atoms with Gasteiger partial charge in [0.25, 0.3) is 0 Å². The van der Waals surface area contributed by atoms with E-state index in [1.54, 1.807) is 4.90 Å². The average Bonchev–Trinajstić information content (AvgIpc) is 3.12. The van der Waals surface area contributed by atoms with Crippen LogP contribution in [0.1, 0.15) is 29.7 Å². The van der Waals surface area contributed by atoms with E-state index in [4.69, 9.17) is 4.74 Å². The van der Waals surface area contributed by atoms with Crippen molar-refractivity contribution in [3.8, 4) is 5.75 Å². The van der Waals surface area contributed by atoms with Gasteiger partial charge in [-0.1, -0.05) is 18.2 Å². The maximum absolute atomic E-state index is 12.1. The first-order valence-electron chi connectivity index (χ1n) is 7.56. The van der Waals surface area contributed by atoms with E-state index in [9.17, 15) is 9.59 Å². The molecule has 6 heteroatoms. The molecule has 120 valence electrons. The van der Waals surface area contributed by atoms with Gasteiger partial charge in [0, 0.05) is 18.3 Å². The number of nitrogens with zero attached hydrogens (tertiary/aromatic N) is 2. The maximum atomic E-state index is 12.1. The zero-order chi connectivity index (χ0) is 16.4. The Balaban J connectivity index is 1.67. The molecule has 5 nitrogen and oxygen atoms in total. The highest BCUT2D eigenvalue weighted by atomic mass is 32.1. The van der Waals surface area contributed by atoms with Crippen molar-refractivity contribution in [2.45, 2.75) is 33.1 Å². The van der Waals surface area contributed by atoms with Crippen molar-refractivity contribution in [1.82, 2.24) is 4.98 Å². The van der Waals surface area contributed by atoms with E-state index >= 15 is 0 Å². The summed E-state index contributed by atoms with van der Waals surface area (Å²) in [5.41, 5.74) is 2.50. The predicted octanol–water partition coefficient (Wildman–Crippen LogP) is 3.03. The van der Waals surface area contributed by atoms with Gasteiger partial charge in [-0.05, 0) is 31.4 Å². The monoisotopic (exact) mass is 330 g/mol. The molecule has 23 heavy (non-hydrogen) atoms. The molecule has 0 atom stereocenters. The van der Waals surface area contributed by atoms with E-state index in [2.05, 4.69) is 4.98 Å². The van der Waals surface area contributed by atoms with Crippen LogP contribution in [0.2, 0.25) is 0 Å². The summed E-state index contributed by atoms with van der Waals surface area (Å²) < 4.78 is 5.48. The van der Waals surface area contributed by atoms with Crippen molar-refractivity contribution in [2.75, 3.05) is 11.4 Å². The van der Waals surface area contributed by atoms with Gasteiger partial charge in [0.1, 0.15) is 5.75 Å². The maximum Gasteiger partial charge on any atom is 0.317 e. The van der Waals surface area contributed by atoms with E-state index in [-0.39, 0.29) is 18.3 Å². The van der Waals surface area contributed by atoms with Crippen molar-refractivity contribution in [3.63, 3.8) is 0 Å². The molecule has 1 aromatic carbocycles. The molecule has 1 aromatic heterocycles. The van der Waals surface area contributed by atoms with Crippen LogP contribution < -0.4 is 9.64 Å². The number of rotatable bonds is 4. The Kier molecular flexibility index (Phi) is 4.43. The number of esters is 1. The summed E-state index contributed by atoms with van der Waals surface area (Å²) in [5.74, 6) is 0.374. The Hall–Kier alpha value is -2.21. The van der Waals surface area contributed by atoms with Crippen molar-refractivity contribution in [1.29, 1.82) is 0 Å². The number of carbonyl (C=O) groups is 2. The minimum atomic E-state index is -0.341. The normalized spacial score (nSPS) is 14.3. The van der Waals surface area contributed by atoms with Crippen molar-refractivity contribution in [3.05, 3.63) is 40.4 Å². The lowest BCUT2D eigenvalue weighted by Crippen LogP contribution is -2.23. The number of aromatic nitrogens is 1. The molecular weight excluding hydrogens is 312 g/mol. The lowest BCUT2D eigenvalue weighted by atomic mass is 10.1. The molecule has 0 bridgehead atoms. The molecule has 0 aliphatic carbocycles. The minimum absolute atomic E-state index is 0.101. The molecule has 0 spiro atoms. The predicted molar refractivity (Wildman–Crippen MR) is 89.0 cm³/mol. The Morgan fingerprint density at radius 3 is 2.74 bits per heavy atom. The van der Waals surface area contributed by atoms with Gasteiger partial charge in [0.05, 0.1) is 12.1 Å². The third-order valence-electron chi connectivity index (χ3n) is 3.79. The number of para-hydroxylation sites is 1. The lowest BCUT2D eigenvalue weighted by Gasteiger charge is -2.10. The summed E-state index contributed by atoms with van der Waals surface area (Å²) >= 11 is 1.39.